The summed E-state index contributed by atoms with van der Waals surface area (Å²) < 4.78 is 0. The molecule has 2 aliphatic rings. The van der Waals surface area contributed by atoms with Crippen molar-refractivity contribution >= 4 is 0 Å². The van der Waals surface area contributed by atoms with Gasteiger partial charge in [0.2, 0.25) is 0 Å². The van der Waals surface area contributed by atoms with Gasteiger partial charge in [0.1, 0.15) is 0 Å². The van der Waals surface area contributed by atoms with E-state index in [1.165, 1.54) is 18.4 Å². The molecule has 2 rings (SSSR count). The van der Waals surface area contributed by atoms with Crippen molar-refractivity contribution in [1.82, 2.24) is 5.32 Å². The number of rotatable bonds is 1. The van der Waals surface area contributed by atoms with Crippen molar-refractivity contribution in [1.29, 1.82) is 0 Å². The lowest BCUT2D eigenvalue weighted by atomic mass is 9.99. The first kappa shape index (κ1) is 10.8. The van der Waals surface area contributed by atoms with Crippen LogP contribution >= 0.6 is 0 Å². The maximum Gasteiger partial charge on any atom is 0.0692 e. The average molecular weight is 189 g/mol. The van der Waals surface area contributed by atoms with E-state index in [-0.39, 0.29) is 0 Å². The van der Waals surface area contributed by atoms with E-state index in [4.69, 9.17) is 0 Å². The van der Waals surface area contributed by atoms with E-state index in [1.54, 1.807) is 0 Å². The van der Waals surface area contributed by atoms with E-state index < -0.39 is 0 Å². The van der Waals surface area contributed by atoms with Crippen LogP contribution in [0.15, 0.2) is 48.2 Å². The van der Waals surface area contributed by atoms with Crippen molar-refractivity contribution in [3.63, 3.8) is 0 Å². The molecule has 0 amide bonds. The van der Waals surface area contributed by atoms with Crippen molar-refractivity contribution in [3.05, 3.63) is 48.2 Å². The molecule has 0 aromatic carbocycles. The summed E-state index contributed by atoms with van der Waals surface area (Å²) in [5.74, 6) is 0. The molecule has 0 saturated heterocycles. The molecule has 0 spiro atoms. The van der Waals surface area contributed by atoms with Gasteiger partial charge in [-0.1, -0.05) is 44.2 Å². The van der Waals surface area contributed by atoms with Gasteiger partial charge in [0, 0.05) is 0 Å². The van der Waals surface area contributed by atoms with Gasteiger partial charge in [-0.3, -0.25) is 0 Å². The van der Waals surface area contributed by atoms with Gasteiger partial charge in [-0.2, -0.15) is 0 Å². The Kier molecular flexibility index (Phi) is 4.84. The largest absolute Gasteiger partial charge is 0.381 e. The van der Waals surface area contributed by atoms with Gasteiger partial charge in [0.25, 0.3) is 0 Å². The van der Waals surface area contributed by atoms with Crippen molar-refractivity contribution in [2.75, 3.05) is 0 Å². The highest BCUT2D eigenvalue weighted by Crippen LogP contribution is 2.15. The van der Waals surface area contributed by atoms with E-state index in [0.29, 0.717) is 6.04 Å². The van der Waals surface area contributed by atoms with Crippen molar-refractivity contribution in [3.8, 4) is 0 Å². The monoisotopic (exact) mass is 189 g/mol. The van der Waals surface area contributed by atoms with Gasteiger partial charge in [-0.15, -0.1) is 0 Å². The van der Waals surface area contributed by atoms with E-state index in [2.05, 4.69) is 35.7 Å². The molecule has 1 atom stereocenters. The summed E-state index contributed by atoms with van der Waals surface area (Å²) in [6.07, 6.45) is 17.4. The topological polar surface area (TPSA) is 12.0 Å². The van der Waals surface area contributed by atoms with E-state index in [0.717, 1.165) is 0 Å². The molecule has 1 nitrogen and oxygen atoms in total. The SMILES string of the molecule is C1=CNC(C2=CCCC=C2)C=C1.CC. The first-order valence-corrected chi connectivity index (χ1v) is 5.43. The number of nitrogens with one attached hydrogen (secondary N) is 1. The predicted octanol–water partition coefficient (Wildman–Crippen LogP) is 3.33. The molecule has 1 N–H and O–H groups in total. The highest BCUT2D eigenvalue weighted by molar-refractivity contribution is 5.34. The lowest BCUT2D eigenvalue weighted by molar-refractivity contribution is 0.787. The Labute approximate surface area is 86.9 Å². The molecular formula is C13H19N. The van der Waals surface area contributed by atoms with E-state index in [9.17, 15) is 0 Å². The number of hydrogen-bond acceptors (Lipinski definition) is 1. The summed E-state index contributed by atoms with van der Waals surface area (Å²) in [7, 11) is 0. The molecule has 0 fully saturated rings. The van der Waals surface area contributed by atoms with Crippen molar-refractivity contribution in [2.45, 2.75) is 32.7 Å². The zero-order chi connectivity index (χ0) is 10.2. The maximum absolute atomic E-state index is 3.30. The van der Waals surface area contributed by atoms with Crippen molar-refractivity contribution < 1.29 is 0 Å². The third-order valence-electron chi connectivity index (χ3n) is 2.17. The van der Waals surface area contributed by atoms with Crippen LogP contribution in [0, 0.1) is 0 Å². The zero-order valence-corrected chi connectivity index (χ0v) is 9.03. The summed E-state index contributed by atoms with van der Waals surface area (Å²) in [6.45, 7) is 4.00. The quantitative estimate of drug-likeness (QED) is 0.667. The van der Waals surface area contributed by atoms with Crippen LogP contribution < -0.4 is 5.32 Å². The molecule has 0 aromatic rings. The minimum atomic E-state index is 0.395. The highest BCUT2D eigenvalue weighted by atomic mass is 14.9. The van der Waals surface area contributed by atoms with Crippen LogP contribution in [0.25, 0.3) is 0 Å². The molecule has 1 heteroatoms. The molecule has 0 aromatic heterocycles. The van der Waals surface area contributed by atoms with Crippen LogP contribution in [0.4, 0.5) is 0 Å². The molecule has 1 aliphatic carbocycles. The van der Waals surface area contributed by atoms with Gasteiger partial charge < -0.3 is 5.32 Å². The lowest BCUT2D eigenvalue weighted by Crippen LogP contribution is -2.25. The molecular weight excluding hydrogens is 170 g/mol. The Bertz CT molecular complexity index is 269. The summed E-state index contributed by atoms with van der Waals surface area (Å²) in [5.41, 5.74) is 1.39. The molecule has 0 saturated carbocycles. The Hall–Kier alpha value is -1.24. The van der Waals surface area contributed by atoms with Gasteiger partial charge in [-0.25, -0.2) is 0 Å². The van der Waals surface area contributed by atoms with Gasteiger partial charge >= 0.3 is 0 Å². The van der Waals surface area contributed by atoms with Crippen LogP contribution in [-0.4, -0.2) is 6.04 Å². The second-order valence-electron chi connectivity index (χ2n) is 3.07. The second kappa shape index (κ2) is 6.25. The smallest absolute Gasteiger partial charge is 0.0692 e. The molecule has 1 heterocycles. The molecule has 0 radical (unpaired) electrons. The summed E-state index contributed by atoms with van der Waals surface area (Å²) in [5, 5.41) is 3.30. The third-order valence-corrected chi connectivity index (χ3v) is 2.17. The molecule has 0 bridgehead atoms. The Balaban J connectivity index is 0.000000461. The van der Waals surface area contributed by atoms with Gasteiger partial charge in [0.05, 0.1) is 6.04 Å². The van der Waals surface area contributed by atoms with Crippen LogP contribution in [0.1, 0.15) is 26.7 Å². The predicted molar refractivity (Wildman–Crippen MR) is 63.0 cm³/mol. The van der Waals surface area contributed by atoms with E-state index in [1.807, 2.05) is 26.1 Å². The lowest BCUT2D eigenvalue weighted by Gasteiger charge is -2.18. The van der Waals surface area contributed by atoms with Crippen molar-refractivity contribution in [2.24, 2.45) is 0 Å². The Morgan fingerprint density at radius 3 is 2.64 bits per heavy atom. The molecule has 1 aliphatic heterocycles. The normalized spacial score (nSPS) is 23.3. The minimum absolute atomic E-state index is 0.395. The number of dihydropyridines is 1. The molecule has 1 unspecified atom stereocenters. The Morgan fingerprint density at radius 1 is 1.21 bits per heavy atom. The number of hydrogen-bond donors (Lipinski definition) is 1. The summed E-state index contributed by atoms with van der Waals surface area (Å²) in [6, 6.07) is 0.395. The highest BCUT2D eigenvalue weighted by Gasteiger charge is 2.08. The maximum atomic E-state index is 3.30. The van der Waals surface area contributed by atoms with Crippen LogP contribution in [0.5, 0.6) is 0 Å². The van der Waals surface area contributed by atoms with E-state index >= 15 is 0 Å². The van der Waals surface area contributed by atoms with Crippen LogP contribution in [0.3, 0.4) is 0 Å². The van der Waals surface area contributed by atoms with Crippen LogP contribution in [-0.2, 0) is 0 Å². The third kappa shape index (κ3) is 2.91. The minimum Gasteiger partial charge on any atom is -0.381 e. The fourth-order valence-corrected chi connectivity index (χ4v) is 1.52. The molecule has 14 heavy (non-hydrogen) atoms. The first-order chi connectivity index (χ1) is 6.97. The standard InChI is InChI=1S/C11H13N.C2H6/c1-2-6-10(7-3-1)11-8-4-5-9-12-11;1-2/h2,4-9,11-12H,1,3H2;1-2H3. The fraction of sp³-hybridized carbons (Fsp3) is 0.385. The first-order valence-electron chi connectivity index (χ1n) is 5.43. The summed E-state index contributed by atoms with van der Waals surface area (Å²) >= 11 is 0. The number of allylic oxidation sites excluding steroid dienone is 4. The van der Waals surface area contributed by atoms with Gasteiger partial charge in [0.15, 0.2) is 0 Å². The zero-order valence-electron chi connectivity index (χ0n) is 9.03. The van der Waals surface area contributed by atoms with Crippen LogP contribution in [0.2, 0.25) is 0 Å². The Morgan fingerprint density at radius 2 is 2.07 bits per heavy atom. The summed E-state index contributed by atoms with van der Waals surface area (Å²) in [4.78, 5) is 0. The molecule has 76 valence electrons. The van der Waals surface area contributed by atoms with Gasteiger partial charge in [-0.05, 0) is 30.7 Å². The average Bonchev–Trinajstić information content (AvgIpc) is 2.34. The second-order valence-corrected chi connectivity index (χ2v) is 3.07. The fourth-order valence-electron chi connectivity index (χ4n) is 1.52.